The van der Waals surface area contributed by atoms with E-state index in [9.17, 15) is 19.2 Å². The number of aromatic amines is 1. The number of esters is 2. The first-order chi connectivity index (χ1) is 12.4. The molecule has 1 atom stereocenters. The van der Waals surface area contributed by atoms with E-state index in [4.69, 9.17) is 4.74 Å². The molecule has 0 fully saturated rings. The van der Waals surface area contributed by atoms with Crippen LogP contribution in [0.2, 0.25) is 0 Å². The first-order valence-electron chi connectivity index (χ1n) is 7.94. The Bertz CT molecular complexity index is 808. The lowest BCUT2D eigenvalue weighted by molar-refractivity contribution is -0.152. The van der Waals surface area contributed by atoms with Crippen LogP contribution in [0.3, 0.4) is 0 Å². The minimum atomic E-state index is -1.20. The second kappa shape index (κ2) is 8.75. The fourth-order valence-electron chi connectivity index (χ4n) is 2.30. The van der Waals surface area contributed by atoms with Crippen LogP contribution in [0, 0.1) is 5.92 Å². The summed E-state index contributed by atoms with van der Waals surface area (Å²) in [7, 11) is 1.22. The molecule has 26 heavy (non-hydrogen) atoms. The van der Waals surface area contributed by atoms with Crippen molar-refractivity contribution in [3.05, 3.63) is 59.4 Å². The number of carbonyl (C=O) groups excluding carboxylic acids is 4. The molecule has 1 aromatic carbocycles. The van der Waals surface area contributed by atoms with E-state index in [2.05, 4.69) is 9.72 Å². The van der Waals surface area contributed by atoms with Crippen molar-refractivity contribution < 1.29 is 28.7 Å². The second-order valence-corrected chi connectivity index (χ2v) is 5.66. The van der Waals surface area contributed by atoms with Crippen molar-refractivity contribution in [3.63, 3.8) is 0 Å². The zero-order valence-electron chi connectivity index (χ0n) is 14.5. The van der Waals surface area contributed by atoms with Gasteiger partial charge in [0.15, 0.2) is 5.78 Å². The van der Waals surface area contributed by atoms with Gasteiger partial charge in [0.1, 0.15) is 24.0 Å². The van der Waals surface area contributed by atoms with E-state index in [0.29, 0.717) is 0 Å². The van der Waals surface area contributed by atoms with Crippen molar-refractivity contribution >= 4 is 23.5 Å². The van der Waals surface area contributed by atoms with Crippen LogP contribution in [0.25, 0.3) is 0 Å². The van der Waals surface area contributed by atoms with Gasteiger partial charge in [-0.05, 0) is 24.6 Å². The van der Waals surface area contributed by atoms with Crippen molar-refractivity contribution in [2.75, 3.05) is 7.11 Å². The highest BCUT2D eigenvalue weighted by atomic mass is 16.5. The molecule has 0 amide bonds. The number of H-pyrrole nitrogens is 1. The molecule has 0 aliphatic carbocycles. The van der Waals surface area contributed by atoms with Crippen molar-refractivity contribution in [3.8, 4) is 0 Å². The van der Waals surface area contributed by atoms with E-state index in [0.717, 1.165) is 5.56 Å². The van der Waals surface area contributed by atoms with Gasteiger partial charge < -0.3 is 14.5 Å². The molecule has 0 saturated heterocycles. The van der Waals surface area contributed by atoms with Crippen LogP contribution in [-0.4, -0.2) is 35.6 Å². The summed E-state index contributed by atoms with van der Waals surface area (Å²) in [5.41, 5.74) is 1.01. The third kappa shape index (κ3) is 4.89. The average molecular weight is 357 g/mol. The van der Waals surface area contributed by atoms with Crippen LogP contribution in [-0.2, 0) is 25.7 Å². The Morgan fingerprint density at radius 3 is 2.27 bits per heavy atom. The standard InChI is InChI=1S/C19H19NO6/c1-12(21)14(18(23)26-11-13-6-4-3-5-7-13)10-17(22)15-8-9-16(20-15)19(24)25-2/h3-9,14,20H,10-11H2,1-2H3. The molecule has 0 spiro atoms. The van der Waals surface area contributed by atoms with Gasteiger partial charge in [0.25, 0.3) is 0 Å². The summed E-state index contributed by atoms with van der Waals surface area (Å²) in [6.45, 7) is 1.25. The van der Waals surface area contributed by atoms with E-state index < -0.39 is 29.4 Å². The van der Waals surface area contributed by atoms with E-state index >= 15 is 0 Å². The van der Waals surface area contributed by atoms with Gasteiger partial charge in [-0.15, -0.1) is 0 Å². The number of hydrogen-bond acceptors (Lipinski definition) is 6. The van der Waals surface area contributed by atoms with E-state index in [1.165, 1.54) is 26.2 Å². The number of rotatable bonds is 8. The summed E-state index contributed by atoms with van der Waals surface area (Å²) in [5, 5.41) is 0. The molecule has 0 aliphatic heterocycles. The van der Waals surface area contributed by atoms with Gasteiger partial charge in [0.05, 0.1) is 12.8 Å². The summed E-state index contributed by atoms with van der Waals surface area (Å²) >= 11 is 0. The molecular formula is C19H19NO6. The molecule has 2 aromatic rings. The minimum absolute atomic E-state index is 0.0205. The van der Waals surface area contributed by atoms with Crippen molar-refractivity contribution in [2.45, 2.75) is 20.0 Å². The van der Waals surface area contributed by atoms with Crippen LogP contribution in [0.1, 0.15) is 39.9 Å². The highest BCUT2D eigenvalue weighted by Gasteiger charge is 2.29. The molecule has 0 radical (unpaired) electrons. The maximum Gasteiger partial charge on any atom is 0.354 e. The van der Waals surface area contributed by atoms with Gasteiger partial charge >= 0.3 is 11.9 Å². The lowest BCUT2D eigenvalue weighted by Crippen LogP contribution is -2.27. The monoisotopic (exact) mass is 357 g/mol. The number of ketones is 2. The summed E-state index contributed by atoms with van der Waals surface area (Å²) in [5.74, 6) is -3.51. The lowest BCUT2D eigenvalue weighted by atomic mass is 9.97. The maximum atomic E-state index is 12.3. The van der Waals surface area contributed by atoms with E-state index in [1.807, 2.05) is 6.07 Å². The zero-order chi connectivity index (χ0) is 19.1. The summed E-state index contributed by atoms with van der Waals surface area (Å²) < 4.78 is 9.70. The average Bonchev–Trinajstić information content (AvgIpc) is 3.14. The molecule has 7 nitrogen and oxygen atoms in total. The summed E-state index contributed by atoms with van der Waals surface area (Å²) in [6, 6.07) is 11.8. The van der Waals surface area contributed by atoms with Gasteiger partial charge in [-0.3, -0.25) is 14.4 Å². The fraction of sp³-hybridized carbons (Fsp3) is 0.263. The summed E-state index contributed by atoms with van der Waals surface area (Å²) in [6.07, 6.45) is -0.343. The molecule has 1 N–H and O–H groups in total. The summed E-state index contributed by atoms with van der Waals surface area (Å²) in [4.78, 5) is 50.3. The Labute approximate surface area is 150 Å². The number of carbonyl (C=O) groups is 4. The SMILES string of the molecule is COC(=O)c1ccc(C(=O)CC(C(C)=O)C(=O)OCc2ccccc2)[nH]1. The lowest BCUT2D eigenvalue weighted by Gasteiger charge is -2.12. The minimum Gasteiger partial charge on any atom is -0.464 e. The maximum absolute atomic E-state index is 12.3. The second-order valence-electron chi connectivity index (χ2n) is 5.66. The van der Waals surface area contributed by atoms with E-state index in [1.54, 1.807) is 24.3 Å². The Balaban J connectivity index is 2.01. The first-order valence-corrected chi connectivity index (χ1v) is 7.94. The number of hydrogen-bond donors (Lipinski definition) is 1. The van der Waals surface area contributed by atoms with Crippen LogP contribution in [0.5, 0.6) is 0 Å². The number of Topliss-reactive ketones (excluding diaryl/α,β-unsaturated/α-hetero) is 2. The third-order valence-corrected chi connectivity index (χ3v) is 3.78. The number of aromatic nitrogens is 1. The van der Waals surface area contributed by atoms with Crippen LogP contribution >= 0.6 is 0 Å². The molecule has 0 aliphatic rings. The van der Waals surface area contributed by atoms with E-state index in [-0.39, 0.29) is 24.4 Å². The predicted octanol–water partition coefficient (Wildman–Crippen LogP) is 2.32. The highest BCUT2D eigenvalue weighted by Crippen LogP contribution is 2.15. The molecule has 7 heteroatoms. The Morgan fingerprint density at radius 1 is 1.00 bits per heavy atom. The van der Waals surface area contributed by atoms with Gasteiger partial charge in [0, 0.05) is 6.42 Å². The smallest absolute Gasteiger partial charge is 0.354 e. The molecule has 1 aromatic heterocycles. The quantitative estimate of drug-likeness (QED) is 0.442. The Morgan fingerprint density at radius 2 is 1.65 bits per heavy atom. The van der Waals surface area contributed by atoms with Crippen molar-refractivity contribution in [1.29, 1.82) is 0 Å². The van der Waals surface area contributed by atoms with Gasteiger partial charge in [-0.25, -0.2) is 4.79 Å². The fourth-order valence-corrected chi connectivity index (χ4v) is 2.30. The van der Waals surface area contributed by atoms with Gasteiger partial charge in [-0.2, -0.15) is 0 Å². The Hall–Kier alpha value is -3.22. The molecule has 1 unspecified atom stereocenters. The van der Waals surface area contributed by atoms with Gasteiger partial charge in [0.2, 0.25) is 0 Å². The van der Waals surface area contributed by atoms with Crippen molar-refractivity contribution in [1.82, 2.24) is 4.98 Å². The Kier molecular flexibility index (Phi) is 6.43. The van der Waals surface area contributed by atoms with Crippen LogP contribution in [0.4, 0.5) is 0 Å². The molecule has 0 saturated carbocycles. The third-order valence-electron chi connectivity index (χ3n) is 3.78. The van der Waals surface area contributed by atoms with Crippen LogP contribution < -0.4 is 0 Å². The number of benzene rings is 1. The topological polar surface area (TPSA) is 103 Å². The number of ether oxygens (including phenoxy) is 2. The number of methoxy groups -OCH3 is 1. The molecule has 136 valence electrons. The predicted molar refractivity (Wildman–Crippen MR) is 91.5 cm³/mol. The molecular weight excluding hydrogens is 338 g/mol. The molecule has 2 rings (SSSR count). The number of nitrogens with one attached hydrogen (secondary N) is 1. The first kappa shape index (κ1) is 19.1. The van der Waals surface area contributed by atoms with Gasteiger partial charge in [-0.1, -0.05) is 30.3 Å². The largest absolute Gasteiger partial charge is 0.464 e. The highest BCUT2D eigenvalue weighted by molar-refractivity contribution is 6.05. The zero-order valence-corrected chi connectivity index (χ0v) is 14.5. The molecule has 0 bridgehead atoms. The van der Waals surface area contributed by atoms with Crippen LogP contribution in [0.15, 0.2) is 42.5 Å². The van der Waals surface area contributed by atoms with Crippen molar-refractivity contribution in [2.24, 2.45) is 5.92 Å². The normalized spacial score (nSPS) is 11.5. The molecule has 1 heterocycles.